The maximum atomic E-state index is 15.2. The van der Waals surface area contributed by atoms with E-state index in [9.17, 15) is 12.8 Å². The van der Waals surface area contributed by atoms with Crippen LogP contribution in [0.1, 0.15) is 18.4 Å². The molecule has 2 aromatic rings. The highest BCUT2D eigenvalue weighted by molar-refractivity contribution is 7.88. The molecule has 4 nitrogen and oxygen atoms in total. The number of halogens is 5. The van der Waals surface area contributed by atoms with E-state index >= 15 is 8.78 Å². The zero-order chi connectivity index (χ0) is 21.0. The van der Waals surface area contributed by atoms with Gasteiger partial charge in [0.15, 0.2) is 0 Å². The highest BCUT2D eigenvalue weighted by Crippen LogP contribution is 2.45. The number of piperidine rings is 2. The molecule has 0 amide bonds. The van der Waals surface area contributed by atoms with Gasteiger partial charge in [0.2, 0.25) is 10.0 Å². The van der Waals surface area contributed by atoms with Crippen molar-refractivity contribution in [2.75, 3.05) is 6.26 Å². The number of sulfonamides is 1. The monoisotopic (exact) mass is 480 g/mol. The van der Waals surface area contributed by atoms with E-state index in [4.69, 9.17) is 11.6 Å². The van der Waals surface area contributed by atoms with Gasteiger partial charge in [0.1, 0.15) is 17.3 Å². The molecule has 3 fully saturated rings. The summed E-state index contributed by atoms with van der Waals surface area (Å²) in [7, 11) is -3.68. The first-order chi connectivity index (χ1) is 13.5. The summed E-state index contributed by atoms with van der Waals surface area (Å²) in [6, 6.07) is 6.69. The van der Waals surface area contributed by atoms with Crippen molar-refractivity contribution in [3.05, 3.63) is 58.6 Å². The Labute approximate surface area is 184 Å². The molecule has 2 heterocycles. The SMILES string of the molecule is CS(=O)(=O)N[C@@H]1[C@H](Cc2cc(F)cc(-c3cccc(Cl)c3)c2F)NC2CC1(F)C2.Cl. The molecule has 2 atom stereocenters. The third kappa shape index (κ3) is 4.62. The first-order valence-electron chi connectivity index (χ1n) is 9.20. The lowest BCUT2D eigenvalue weighted by atomic mass is 9.65. The Kier molecular flexibility index (Phi) is 6.47. The quantitative estimate of drug-likeness (QED) is 0.679. The highest BCUT2D eigenvalue weighted by atomic mass is 35.5. The van der Waals surface area contributed by atoms with Crippen LogP contribution >= 0.6 is 24.0 Å². The summed E-state index contributed by atoms with van der Waals surface area (Å²) in [5.74, 6) is -1.28. The van der Waals surface area contributed by atoms with Crippen LogP contribution < -0.4 is 10.0 Å². The molecule has 30 heavy (non-hydrogen) atoms. The van der Waals surface area contributed by atoms with Gasteiger partial charge in [-0.05, 0) is 54.7 Å². The van der Waals surface area contributed by atoms with Gasteiger partial charge >= 0.3 is 0 Å². The molecule has 2 N–H and O–H groups in total. The van der Waals surface area contributed by atoms with Gasteiger partial charge < -0.3 is 5.32 Å². The van der Waals surface area contributed by atoms with Crippen molar-refractivity contribution in [1.29, 1.82) is 0 Å². The van der Waals surface area contributed by atoms with Gasteiger partial charge in [-0.3, -0.25) is 0 Å². The van der Waals surface area contributed by atoms with E-state index in [0.717, 1.165) is 18.4 Å². The third-order valence-electron chi connectivity index (χ3n) is 5.61. The van der Waals surface area contributed by atoms with Crippen LogP contribution in [-0.2, 0) is 16.4 Å². The van der Waals surface area contributed by atoms with E-state index in [2.05, 4.69) is 10.0 Å². The molecule has 5 rings (SSSR count). The minimum Gasteiger partial charge on any atom is -0.309 e. The second-order valence-electron chi connectivity index (χ2n) is 7.92. The molecule has 2 bridgehead atoms. The molecule has 1 saturated carbocycles. The topological polar surface area (TPSA) is 58.2 Å². The molecule has 2 saturated heterocycles. The zero-order valence-corrected chi connectivity index (χ0v) is 18.4. The number of nitrogens with one attached hydrogen (secondary N) is 2. The number of hydrogen-bond acceptors (Lipinski definition) is 3. The predicted molar refractivity (Wildman–Crippen MR) is 113 cm³/mol. The second-order valence-corrected chi connectivity index (χ2v) is 10.1. The lowest BCUT2D eigenvalue weighted by Crippen LogP contribution is -2.75. The van der Waals surface area contributed by atoms with Crippen molar-refractivity contribution in [1.82, 2.24) is 10.0 Å². The first-order valence-corrected chi connectivity index (χ1v) is 11.5. The summed E-state index contributed by atoms with van der Waals surface area (Å²) < 4.78 is 70.4. The van der Waals surface area contributed by atoms with Crippen LogP contribution in [0.3, 0.4) is 0 Å². The highest BCUT2D eigenvalue weighted by Gasteiger charge is 2.58. The van der Waals surface area contributed by atoms with Crippen molar-refractivity contribution in [2.24, 2.45) is 0 Å². The maximum Gasteiger partial charge on any atom is 0.209 e. The van der Waals surface area contributed by atoms with Gasteiger partial charge in [0.25, 0.3) is 0 Å². The van der Waals surface area contributed by atoms with Gasteiger partial charge in [-0.15, -0.1) is 12.4 Å². The molecule has 1 aliphatic carbocycles. The third-order valence-corrected chi connectivity index (χ3v) is 6.53. The van der Waals surface area contributed by atoms with Gasteiger partial charge in [0.05, 0.1) is 12.3 Å². The average Bonchev–Trinajstić information content (AvgIpc) is 2.58. The molecule has 10 heteroatoms. The Morgan fingerprint density at radius 2 is 1.93 bits per heavy atom. The molecule has 0 radical (unpaired) electrons. The Morgan fingerprint density at radius 3 is 2.57 bits per heavy atom. The summed E-state index contributed by atoms with van der Waals surface area (Å²) in [6.07, 6.45) is 1.27. The van der Waals surface area contributed by atoms with Crippen LogP contribution in [0, 0.1) is 11.6 Å². The molecule has 0 unspecified atom stereocenters. The van der Waals surface area contributed by atoms with Crippen LogP contribution in [0.15, 0.2) is 36.4 Å². The zero-order valence-electron chi connectivity index (χ0n) is 16.0. The predicted octanol–water partition coefficient (Wildman–Crippen LogP) is 4.01. The first kappa shape index (κ1) is 23.3. The number of hydrogen-bond donors (Lipinski definition) is 2. The fourth-order valence-corrected chi connectivity index (χ4v) is 5.41. The van der Waals surface area contributed by atoms with Crippen LogP contribution in [0.5, 0.6) is 0 Å². The summed E-state index contributed by atoms with van der Waals surface area (Å²) in [5.41, 5.74) is -1.18. The van der Waals surface area contributed by atoms with E-state index in [0.29, 0.717) is 10.6 Å². The largest absolute Gasteiger partial charge is 0.309 e. The van der Waals surface area contributed by atoms with Crippen LogP contribution in [0.25, 0.3) is 11.1 Å². The summed E-state index contributed by atoms with van der Waals surface area (Å²) in [5, 5.41) is 3.55. The summed E-state index contributed by atoms with van der Waals surface area (Å²) in [6.45, 7) is 0. The van der Waals surface area contributed by atoms with Gasteiger partial charge in [-0.2, -0.15) is 0 Å². The Bertz CT molecular complexity index is 1060. The van der Waals surface area contributed by atoms with E-state index < -0.39 is 39.4 Å². The van der Waals surface area contributed by atoms with Crippen molar-refractivity contribution < 1.29 is 21.6 Å². The minimum atomic E-state index is -3.68. The molecule has 0 spiro atoms. The smallest absolute Gasteiger partial charge is 0.209 e. The molecule has 3 aliphatic rings. The van der Waals surface area contributed by atoms with Gasteiger partial charge in [0, 0.05) is 22.7 Å². The van der Waals surface area contributed by atoms with Gasteiger partial charge in [-0.25, -0.2) is 26.3 Å². The Hall–Kier alpha value is -1.32. The van der Waals surface area contributed by atoms with E-state index in [1.165, 1.54) is 6.07 Å². The van der Waals surface area contributed by atoms with Crippen LogP contribution in [0.2, 0.25) is 5.02 Å². The normalized spacial score (nSPS) is 27.8. The van der Waals surface area contributed by atoms with Crippen molar-refractivity contribution in [3.8, 4) is 11.1 Å². The van der Waals surface area contributed by atoms with Crippen LogP contribution in [0.4, 0.5) is 13.2 Å². The van der Waals surface area contributed by atoms with E-state index in [-0.39, 0.29) is 48.8 Å². The van der Waals surface area contributed by atoms with Crippen molar-refractivity contribution >= 4 is 34.0 Å². The fourth-order valence-electron chi connectivity index (χ4n) is 4.38. The molecule has 2 aromatic carbocycles. The standard InChI is InChI=1S/C20H20ClF3N2O2S.ClH/c1-29(27,28)26-19-17(25-15-9-20(19,24)10-15)7-12-6-14(22)8-16(18(12)23)11-3-2-4-13(21)5-11;/h2-6,8,15,17,19,25-26H,7,9-10H2,1H3;1H/t15?,17-,19+,20?;/m0./s1. The maximum absolute atomic E-state index is 15.2. The number of alkyl halides is 1. The summed E-state index contributed by atoms with van der Waals surface area (Å²) >= 11 is 5.97. The molecule has 2 aliphatic heterocycles. The van der Waals surface area contributed by atoms with E-state index in [1.807, 2.05) is 0 Å². The lowest BCUT2D eigenvalue weighted by Gasteiger charge is -2.55. The Morgan fingerprint density at radius 1 is 1.23 bits per heavy atom. The Balaban J connectivity index is 0.00000256. The number of fused-ring (bicyclic) bond motifs is 2. The second kappa shape index (κ2) is 8.31. The van der Waals surface area contributed by atoms with E-state index in [1.54, 1.807) is 18.2 Å². The number of rotatable bonds is 5. The molecular weight excluding hydrogens is 460 g/mol. The fraction of sp³-hybridized carbons (Fsp3) is 0.400. The summed E-state index contributed by atoms with van der Waals surface area (Å²) in [4.78, 5) is 0. The molecular formula is C20H21Cl2F3N2O2S. The number of benzene rings is 2. The average molecular weight is 481 g/mol. The van der Waals surface area contributed by atoms with Gasteiger partial charge in [-0.1, -0.05) is 23.7 Å². The molecule has 0 aromatic heterocycles. The minimum absolute atomic E-state index is 0. The van der Waals surface area contributed by atoms with Crippen LogP contribution in [-0.4, -0.2) is 38.5 Å². The van der Waals surface area contributed by atoms with Crippen molar-refractivity contribution in [2.45, 2.75) is 43.1 Å². The van der Waals surface area contributed by atoms with Crippen molar-refractivity contribution in [3.63, 3.8) is 0 Å². The lowest BCUT2D eigenvalue weighted by molar-refractivity contribution is -0.0567. The molecule has 164 valence electrons.